The average Bonchev–Trinajstić information content (AvgIpc) is 2.32. The van der Waals surface area contributed by atoms with E-state index >= 15 is 0 Å². The van der Waals surface area contributed by atoms with E-state index in [1.165, 1.54) is 0 Å². The lowest BCUT2D eigenvalue weighted by atomic mass is 9.96. The molecule has 0 amide bonds. The fourth-order valence-electron chi connectivity index (χ4n) is 2.08. The Morgan fingerprint density at radius 2 is 2.00 bits per heavy atom. The van der Waals surface area contributed by atoms with E-state index < -0.39 is 5.97 Å². The highest BCUT2D eigenvalue weighted by atomic mass is 16.5. The number of ether oxygens (including phenoxy) is 1. The zero-order valence-electron chi connectivity index (χ0n) is 6.32. The van der Waals surface area contributed by atoms with Gasteiger partial charge in [0.2, 0.25) is 0 Å². The summed E-state index contributed by atoms with van der Waals surface area (Å²) in [5.74, 6) is -0.913. The van der Waals surface area contributed by atoms with E-state index in [0.717, 1.165) is 25.7 Å². The molecule has 2 heterocycles. The molecule has 1 N–H and O–H groups in total. The van der Waals surface area contributed by atoms with Crippen LogP contribution in [-0.2, 0) is 9.53 Å². The van der Waals surface area contributed by atoms with Gasteiger partial charge in [-0.1, -0.05) is 0 Å². The van der Waals surface area contributed by atoms with Crippen LogP contribution in [0.5, 0.6) is 0 Å². The van der Waals surface area contributed by atoms with Gasteiger partial charge in [-0.05, 0) is 25.7 Å². The summed E-state index contributed by atoms with van der Waals surface area (Å²) in [7, 11) is 0. The van der Waals surface area contributed by atoms with Crippen molar-refractivity contribution in [3.63, 3.8) is 0 Å². The first-order valence-electron chi connectivity index (χ1n) is 4.15. The molecule has 0 radical (unpaired) electrons. The standard InChI is InChI=1S/C8H12O3/c9-8(10)6-3-1-5-2-4-7(6)11-5/h5-7H,1-4H2,(H,9,10). The van der Waals surface area contributed by atoms with E-state index in [9.17, 15) is 4.79 Å². The minimum Gasteiger partial charge on any atom is -0.481 e. The SMILES string of the molecule is O=C(O)C1CCC2CCC1O2. The smallest absolute Gasteiger partial charge is 0.309 e. The van der Waals surface area contributed by atoms with Crippen LogP contribution in [0.2, 0.25) is 0 Å². The van der Waals surface area contributed by atoms with Crippen LogP contribution in [0.4, 0.5) is 0 Å². The Morgan fingerprint density at radius 3 is 2.73 bits per heavy atom. The summed E-state index contributed by atoms with van der Waals surface area (Å²) >= 11 is 0. The van der Waals surface area contributed by atoms with Crippen molar-refractivity contribution in [2.45, 2.75) is 37.9 Å². The van der Waals surface area contributed by atoms with Crippen LogP contribution in [0, 0.1) is 5.92 Å². The fourth-order valence-corrected chi connectivity index (χ4v) is 2.08. The molecular weight excluding hydrogens is 144 g/mol. The highest BCUT2D eigenvalue weighted by molar-refractivity contribution is 5.70. The second kappa shape index (κ2) is 2.48. The molecule has 0 spiro atoms. The molecule has 0 aliphatic carbocycles. The number of rotatable bonds is 1. The summed E-state index contributed by atoms with van der Waals surface area (Å²) in [5, 5.41) is 8.78. The Bertz CT molecular complexity index is 178. The van der Waals surface area contributed by atoms with E-state index in [-0.39, 0.29) is 12.0 Å². The minimum absolute atomic E-state index is 0.0197. The first kappa shape index (κ1) is 7.10. The maximum Gasteiger partial charge on any atom is 0.309 e. The largest absolute Gasteiger partial charge is 0.481 e. The molecule has 0 aromatic heterocycles. The molecule has 3 nitrogen and oxygen atoms in total. The second-order valence-electron chi connectivity index (χ2n) is 3.40. The lowest BCUT2D eigenvalue weighted by Gasteiger charge is -2.25. The molecule has 0 saturated carbocycles. The minimum atomic E-state index is -0.685. The third-order valence-corrected chi connectivity index (χ3v) is 2.71. The summed E-state index contributed by atoms with van der Waals surface area (Å²) < 4.78 is 5.49. The van der Waals surface area contributed by atoms with Gasteiger partial charge in [0.05, 0.1) is 18.1 Å². The van der Waals surface area contributed by atoms with Crippen molar-refractivity contribution in [1.29, 1.82) is 0 Å². The number of hydrogen-bond donors (Lipinski definition) is 1. The van der Waals surface area contributed by atoms with Gasteiger partial charge in [-0.2, -0.15) is 0 Å². The number of carbonyl (C=O) groups is 1. The molecule has 3 unspecified atom stereocenters. The molecule has 11 heavy (non-hydrogen) atoms. The quantitative estimate of drug-likeness (QED) is 0.616. The average molecular weight is 156 g/mol. The second-order valence-corrected chi connectivity index (χ2v) is 3.40. The van der Waals surface area contributed by atoms with Gasteiger partial charge in [0.1, 0.15) is 0 Å². The van der Waals surface area contributed by atoms with Gasteiger partial charge in [-0.15, -0.1) is 0 Å². The highest BCUT2D eigenvalue weighted by Crippen LogP contribution is 2.36. The molecule has 2 rings (SSSR count). The molecule has 2 aliphatic heterocycles. The van der Waals surface area contributed by atoms with Gasteiger partial charge in [0, 0.05) is 0 Å². The van der Waals surface area contributed by atoms with Crippen molar-refractivity contribution < 1.29 is 14.6 Å². The highest BCUT2D eigenvalue weighted by Gasteiger charge is 2.40. The Kier molecular flexibility index (Phi) is 1.60. The van der Waals surface area contributed by atoms with E-state index in [0.29, 0.717) is 6.10 Å². The molecule has 0 aromatic carbocycles. The van der Waals surface area contributed by atoms with Crippen LogP contribution in [0.15, 0.2) is 0 Å². The predicted octanol–water partition coefficient (Wildman–Crippen LogP) is 1.03. The van der Waals surface area contributed by atoms with Crippen LogP contribution in [0.25, 0.3) is 0 Å². The van der Waals surface area contributed by atoms with Gasteiger partial charge in [-0.25, -0.2) is 0 Å². The van der Waals surface area contributed by atoms with Crippen molar-refractivity contribution in [2.75, 3.05) is 0 Å². The predicted molar refractivity (Wildman–Crippen MR) is 38.3 cm³/mol. The fraction of sp³-hybridized carbons (Fsp3) is 0.875. The van der Waals surface area contributed by atoms with Gasteiger partial charge in [0.15, 0.2) is 0 Å². The molecule has 2 saturated heterocycles. The Hall–Kier alpha value is -0.570. The number of fused-ring (bicyclic) bond motifs is 2. The van der Waals surface area contributed by atoms with Crippen molar-refractivity contribution in [3.05, 3.63) is 0 Å². The molecule has 2 fully saturated rings. The van der Waals surface area contributed by atoms with Crippen LogP contribution < -0.4 is 0 Å². The summed E-state index contributed by atoms with van der Waals surface area (Å²) in [6.07, 6.45) is 4.15. The zero-order chi connectivity index (χ0) is 7.84. The number of hydrogen-bond acceptors (Lipinski definition) is 2. The molecular formula is C8H12O3. The van der Waals surface area contributed by atoms with Crippen LogP contribution in [-0.4, -0.2) is 23.3 Å². The Morgan fingerprint density at radius 1 is 1.27 bits per heavy atom. The first-order valence-corrected chi connectivity index (χ1v) is 4.15. The van der Waals surface area contributed by atoms with Crippen LogP contribution in [0.3, 0.4) is 0 Å². The lowest BCUT2D eigenvalue weighted by molar-refractivity contribution is -0.151. The Balaban J connectivity index is 2.07. The van der Waals surface area contributed by atoms with Crippen molar-refractivity contribution in [2.24, 2.45) is 5.92 Å². The number of carboxylic acid groups (broad SMARTS) is 1. The molecule has 62 valence electrons. The van der Waals surface area contributed by atoms with E-state index in [1.54, 1.807) is 0 Å². The van der Waals surface area contributed by atoms with Crippen LogP contribution in [0.1, 0.15) is 25.7 Å². The Labute approximate surface area is 65.4 Å². The van der Waals surface area contributed by atoms with Crippen molar-refractivity contribution in [1.82, 2.24) is 0 Å². The van der Waals surface area contributed by atoms with E-state index in [2.05, 4.69) is 0 Å². The summed E-state index contributed by atoms with van der Waals surface area (Å²) in [4.78, 5) is 10.7. The third-order valence-electron chi connectivity index (χ3n) is 2.71. The maximum absolute atomic E-state index is 10.7. The molecule has 0 aromatic rings. The first-order chi connectivity index (χ1) is 5.27. The zero-order valence-corrected chi connectivity index (χ0v) is 6.32. The van der Waals surface area contributed by atoms with Crippen LogP contribution >= 0.6 is 0 Å². The van der Waals surface area contributed by atoms with Crippen molar-refractivity contribution in [3.8, 4) is 0 Å². The topological polar surface area (TPSA) is 46.5 Å². The lowest BCUT2D eigenvalue weighted by Crippen LogP contribution is -2.32. The van der Waals surface area contributed by atoms with E-state index in [4.69, 9.17) is 9.84 Å². The molecule has 2 aliphatic rings. The third kappa shape index (κ3) is 1.13. The number of carboxylic acids is 1. The monoisotopic (exact) mass is 156 g/mol. The number of aliphatic carboxylic acids is 1. The summed E-state index contributed by atoms with van der Waals surface area (Å²) in [6, 6.07) is 0. The summed E-state index contributed by atoms with van der Waals surface area (Å²) in [5.41, 5.74) is 0. The normalized spacial score (nSPS) is 42.4. The van der Waals surface area contributed by atoms with Gasteiger partial charge >= 0.3 is 5.97 Å². The van der Waals surface area contributed by atoms with Gasteiger partial charge in [0.25, 0.3) is 0 Å². The summed E-state index contributed by atoms with van der Waals surface area (Å²) in [6.45, 7) is 0. The maximum atomic E-state index is 10.7. The molecule has 2 bridgehead atoms. The van der Waals surface area contributed by atoms with Gasteiger partial charge < -0.3 is 9.84 Å². The van der Waals surface area contributed by atoms with Crippen molar-refractivity contribution >= 4 is 5.97 Å². The van der Waals surface area contributed by atoms with Gasteiger partial charge in [-0.3, -0.25) is 4.79 Å². The van der Waals surface area contributed by atoms with E-state index in [1.807, 2.05) is 0 Å². The molecule has 3 atom stereocenters. The molecule has 3 heteroatoms.